The van der Waals surface area contributed by atoms with Gasteiger partial charge < -0.3 is 9.53 Å². The zero-order chi connectivity index (χ0) is 14.5. The van der Waals surface area contributed by atoms with Crippen molar-refractivity contribution in [2.24, 2.45) is 0 Å². The SMILES string of the molecule is CC(=O)CCc1ccncc1NC(=O)OC(C)(C)C. The number of hydrogen-bond acceptors (Lipinski definition) is 4. The fourth-order valence-corrected chi connectivity index (χ4v) is 1.48. The van der Waals surface area contributed by atoms with E-state index < -0.39 is 11.7 Å². The second-order valence-electron chi connectivity index (χ2n) is 5.36. The van der Waals surface area contributed by atoms with Gasteiger partial charge in [-0.05, 0) is 45.7 Å². The maximum atomic E-state index is 11.7. The first-order valence-corrected chi connectivity index (χ1v) is 6.20. The number of ketones is 1. The molecule has 0 fully saturated rings. The number of Topliss-reactive ketones (excluding diaryl/α,β-unsaturated/α-hetero) is 1. The largest absolute Gasteiger partial charge is 0.444 e. The fourth-order valence-electron chi connectivity index (χ4n) is 1.48. The van der Waals surface area contributed by atoms with Gasteiger partial charge in [-0.3, -0.25) is 10.3 Å². The maximum Gasteiger partial charge on any atom is 0.412 e. The van der Waals surface area contributed by atoms with Crippen LogP contribution in [0.5, 0.6) is 0 Å². The Morgan fingerprint density at radius 1 is 1.37 bits per heavy atom. The average molecular weight is 264 g/mol. The number of ether oxygens (including phenoxy) is 1. The van der Waals surface area contributed by atoms with Crippen LogP contribution in [0, 0.1) is 0 Å². The van der Waals surface area contributed by atoms with Gasteiger partial charge in [0.1, 0.15) is 11.4 Å². The maximum absolute atomic E-state index is 11.7. The van der Waals surface area contributed by atoms with Gasteiger partial charge in [0.15, 0.2) is 0 Å². The molecule has 5 heteroatoms. The number of anilines is 1. The molecular weight excluding hydrogens is 244 g/mol. The number of hydrogen-bond donors (Lipinski definition) is 1. The van der Waals surface area contributed by atoms with E-state index in [1.165, 1.54) is 0 Å². The monoisotopic (exact) mass is 264 g/mol. The standard InChI is InChI=1S/C14H20N2O3/c1-10(17)5-6-11-7-8-15-9-12(11)16-13(18)19-14(2,3)4/h7-9H,5-6H2,1-4H3,(H,16,18). The van der Waals surface area contributed by atoms with Gasteiger partial charge in [-0.2, -0.15) is 0 Å². The minimum Gasteiger partial charge on any atom is -0.444 e. The summed E-state index contributed by atoms with van der Waals surface area (Å²) in [5.74, 6) is 0.111. The van der Waals surface area contributed by atoms with Crippen molar-refractivity contribution in [1.29, 1.82) is 0 Å². The minimum absolute atomic E-state index is 0.111. The number of carbonyl (C=O) groups is 2. The van der Waals surface area contributed by atoms with E-state index in [1.54, 1.807) is 46.2 Å². The highest BCUT2D eigenvalue weighted by molar-refractivity contribution is 5.86. The van der Waals surface area contributed by atoms with Gasteiger partial charge in [-0.15, -0.1) is 0 Å². The number of carbonyl (C=O) groups excluding carboxylic acids is 2. The molecule has 1 N–H and O–H groups in total. The molecule has 0 atom stereocenters. The smallest absolute Gasteiger partial charge is 0.412 e. The molecule has 1 rings (SSSR count). The Morgan fingerprint density at radius 3 is 2.63 bits per heavy atom. The number of aryl methyl sites for hydroxylation is 1. The highest BCUT2D eigenvalue weighted by Crippen LogP contribution is 2.17. The molecule has 1 aromatic rings. The molecule has 0 aliphatic rings. The molecule has 0 aliphatic carbocycles. The summed E-state index contributed by atoms with van der Waals surface area (Å²) >= 11 is 0. The molecule has 0 bridgehead atoms. The van der Waals surface area contributed by atoms with Crippen LogP contribution < -0.4 is 5.32 Å². The van der Waals surface area contributed by atoms with Crippen LogP contribution >= 0.6 is 0 Å². The van der Waals surface area contributed by atoms with Crippen LogP contribution in [0.2, 0.25) is 0 Å². The van der Waals surface area contributed by atoms with Gasteiger partial charge in [-0.25, -0.2) is 4.79 Å². The minimum atomic E-state index is -0.550. The molecule has 1 heterocycles. The lowest BCUT2D eigenvalue weighted by Gasteiger charge is -2.20. The Hall–Kier alpha value is -1.91. The molecule has 104 valence electrons. The van der Waals surface area contributed by atoms with Crippen molar-refractivity contribution < 1.29 is 14.3 Å². The highest BCUT2D eigenvalue weighted by Gasteiger charge is 2.17. The van der Waals surface area contributed by atoms with E-state index in [2.05, 4.69) is 10.3 Å². The van der Waals surface area contributed by atoms with Gasteiger partial charge in [0, 0.05) is 12.6 Å². The third-order valence-corrected chi connectivity index (χ3v) is 2.29. The number of aromatic nitrogens is 1. The Morgan fingerprint density at radius 2 is 2.05 bits per heavy atom. The first-order chi connectivity index (χ1) is 8.78. The van der Waals surface area contributed by atoms with Crippen molar-refractivity contribution >= 4 is 17.6 Å². The van der Waals surface area contributed by atoms with Crippen molar-refractivity contribution in [3.63, 3.8) is 0 Å². The van der Waals surface area contributed by atoms with Gasteiger partial charge in [0.25, 0.3) is 0 Å². The first kappa shape index (κ1) is 15.1. The number of amides is 1. The number of rotatable bonds is 4. The van der Waals surface area contributed by atoms with Crippen molar-refractivity contribution in [1.82, 2.24) is 4.98 Å². The Labute approximate surface area is 113 Å². The summed E-state index contributed by atoms with van der Waals surface area (Å²) in [6.07, 6.45) is 3.68. The van der Waals surface area contributed by atoms with Crippen molar-refractivity contribution in [2.75, 3.05) is 5.32 Å². The van der Waals surface area contributed by atoms with Gasteiger partial charge in [0.2, 0.25) is 0 Å². The molecule has 0 unspecified atom stereocenters. The molecule has 0 spiro atoms. The van der Waals surface area contributed by atoms with Crippen LogP contribution in [0.15, 0.2) is 18.5 Å². The molecule has 5 nitrogen and oxygen atoms in total. The molecule has 0 aromatic carbocycles. The molecule has 1 aromatic heterocycles. The van der Waals surface area contributed by atoms with E-state index in [0.717, 1.165) is 5.56 Å². The van der Waals surface area contributed by atoms with E-state index in [0.29, 0.717) is 18.5 Å². The second-order valence-corrected chi connectivity index (χ2v) is 5.36. The Kier molecular flexibility index (Phi) is 5.03. The fraction of sp³-hybridized carbons (Fsp3) is 0.500. The lowest BCUT2D eigenvalue weighted by molar-refractivity contribution is -0.116. The van der Waals surface area contributed by atoms with Crippen LogP contribution in [0.1, 0.15) is 39.7 Å². The average Bonchev–Trinajstić information content (AvgIpc) is 2.25. The van der Waals surface area contributed by atoms with E-state index in [9.17, 15) is 9.59 Å². The number of nitrogens with one attached hydrogen (secondary N) is 1. The summed E-state index contributed by atoms with van der Waals surface area (Å²) in [4.78, 5) is 26.7. The number of pyridine rings is 1. The van der Waals surface area contributed by atoms with Crippen LogP contribution in [0.25, 0.3) is 0 Å². The topological polar surface area (TPSA) is 68.3 Å². The lowest BCUT2D eigenvalue weighted by atomic mass is 10.1. The molecule has 0 saturated carbocycles. The van der Waals surface area contributed by atoms with Crippen molar-refractivity contribution in [2.45, 2.75) is 46.1 Å². The van der Waals surface area contributed by atoms with Crippen LogP contribution in [-0.4, -0.2) is 22.5 Å². The van der Waals surface area contributed by atoms with Crippen LogP contribution in [-0.2, 0) is 16.0 Å². The molecular formula is C14H20N2O3. The first-order valence-electron chi connectivity index (χ1n) is 6.20. The van der Waals surface area contributed by atoms with Crippen molar-refractivity contribution in [3.05, 3.63) is 24.0 Å². The molecule has 1 amide bonds. The van der Waals surface area contributed by atoms with Crippen LogP contribution in [0.4, 0.5) is 10.5 Å². The molecule has 0 radical (unpaired) electrons. The summed E-state index contributed by atoms with van der Waals surface area (Å²) < 4.78 is 5.18. The quantitative estimate of drug-likeness (QED) is 0.907. The van der Waals surface area contributed by atoms with E-state index in [4.69, 9.17) is 4.74 Å². The lowest BCUT2D eigenvalue weighted by Crippen LogP contribution is -2.27. The third kappa shape index (κ3) is 5.99. The van der Waals surface area contributed by atoms with E-state index in [1.807, 2.05) is 0 Å². The highest BCUT2D eigenvalue weighted by atomic mass is 16.6. The van der Waals surface area contributed by atoms with Gasteiger partial charge in [0.05, 0.1) is 11.9 Å². The molecule has 19 heavy (non-hydrogen) atoms. The predicted molar refractivity (Wildman–Crippen MR) is 73.1 cm³/mol. The Balaban J connectivity index is 2.72. The van der Waals surface area contributed by atoms with Gasteiger partial charge >= 0.3 is 6.09 Å². The van der Waals surface area contributed by atoms with E-state index >= 15 is 0 Å². The summed E-state index contributed by atoms with van der Waals surface area (Å²) in [7, 11) is 0. The van der Waals surface area contributed by atoms with Crippen molar-refractivity contribution in [3.8, 4) is 0 Å². The normalized spacial score (nSPS) is 10.9. The zero-order valence-corrected chi connectivity index (χ0v) is 11.8. The molecule has 0 saturated heterocycles. The summed E-state index contributed by atoms with van der Waals surface area (Å²) in [6, 6.07) is 1.79. The number of nitrogens with zero attached hydrogens (tertiary/aromatic N) is 1. The Bertz CT molecular complexity index is 464. The summed E-state index contributed by atoms with van der Waals surface area (Å²) in [5.41, 5.74) is 0.903. The van der Waals surface area contributed by atoms with E-state index in [-0.39, 0.29) is 5.78 Å². The predicted octanol–water partition coefficient (Wildman–Crippen LogP) is 2.95. The second kappa shape index (κ2) is 6.31. The summed E-state index contributed by atoms with van der Waals surface area (Å²) in [6.45, 7) is 6.94. The third-order valence-electron chi connectivity index (χ3n) is 2.29. The zero-order valence-electron chi connectivity index (χ0n) is 11.8. The summed E-state index contributed by atoms with van der Waals surface area (Å²) in [5, 5.41) is 2.66. The van der Waals surface area contributed by atoms with Crippen LogP contribution in [0.3, 0.4) is 0 Å². The molecule has 0 aliphatic heterocycles. The van der Waals surface area contributed by atoms with Gasteiger partial charge in [-0.1, -0.05) is 0 Å².